The van der Waals surface area contributed by atoms with Crippen molar-refractivity contribution in [2.24, 2.45) is 0 Å². The number of hydrogen-bond acceptors (Lipinski definition) is 36. The number of nitrogens with zero attached hydrogens (tertiary/aromatic N) is 1. The fourth-order valence-electron chi connectivity index (χ4n) is 12.9. The summed E-state index contributed by atoms with van der Waals surface area (Å²) in [7, 11) is -4.78. The second-order valence-corrected chi connectivity index (χ2v) is 25.9. The Balaban J connectivity index is 0.988. The number of benzene rings is 1. The van der Waals surface area contributed by atoms with E-state index in [1.165, 1.54) is 18.4 Å². The Bertz CT molecular complexity index is 2850. The first kappa shape index (κ1) is 73.7. The number of aryl methyl sites for hydroxylation is 3. The summed E-state index contributed by atoms with van der Waals surface area (Å²) in [5, 5.41) is 216. The molecule has 23 rings (SSSR count). The van der Waals surface area contributed by atoms with Gasteiger partial charge in [-0.15, -0.1) is 0 Å². The van der Waals surface area contributed by atoms with E-state index in [-0.39, 0.29) is 22.6 Å². The average Bonchev–Trinajstić information content (AvgIpc) is 0.784. The molecule has 19 N–H and O–H groups in total. The maximum absolute atomic E-state index is 14.1. The zero-order valence-corrected chi connectivity index (χ0v) is 51.3. The molecule has 0 amide bonds. The highest BCUT2D eigenvalue weighted by molar-refractivity contribution is 7.86. The van der Waals surface area contributed by atoms with Crippen molar-refractivity contribution in [3.8, 4) is 0 Å². The second-order valence-electron chi connectivity index (χ2n) is 24.3. The van der Waals surface area contributed by atoms with E-state index in [4.69, 9.17) is 70.5 Å². The van der Waals surface area contributed by atoms with Gasteiger partial charge in [-0.1, -0.05) is 23.8 Å². The molecule has 22 heterocycles. The molecule has 21 aliphatic rings. The van der Waals surface area contributed by atoms with E-state index >= 15 is 0 Å². The molecule has 0 spiro atoms. The largest absolute Gasteiger partial charge is 0.394 e. The Labute approximate surface area is 535 Å². The maximum Gasteiger partial charge on any atom is 0.297 e. The number of rotatable bonds is 11. The topological polar surface area (TPSA) is 561 Å². The van der Waals surface area contributed by atoms with Gasteiger partial charge in [0.05, 0.1) is 44.5 Å². The van der Waals surface area contributed by atoms with Crippen LogP contribution in [0, 0.1) is 20.8 Å². The lowest BCUT2D eigenvalue weighted by atomic mass is 9.95. The SMILES string of the molecule is Cc1cc(C)c(S(=O)(=O)OCC2OC3OC4C(CO)OC(OC5C(CO)OC(OC6C(CO)OC(OC7C(CO)OC(OC8C(CO)OC(OC9C(C[n+]%10ccccc%10)OC(OC2C(O)C3O)C(O)C9O)C(O)C8O)C(O)C7O)C(O)C6O)C(O)C5O)C(O)C4O)c(C)c1. The molecule has 14 bridgehead atoms. The van der Waals surface area contributed by atoms with Gasteiger partial charge in [0.25, 0.3) is 10.1 Å². The zero-order chi connectivity index (χ0) is 68.1. The third kappa shape index (κ3) is 14.9. The van der Waals surface area contributed by atoms with E-state index in [1.54, 1.807) is 49.6 Å². The van der Waals surface area contributed by atoms with E-state index in [0.29, 0.717) is 5.56 Å². The summed E-state index contributed by atoms with van der Waals surface area (Å²) in [4.78, 5) is -0.264. The van der Waals surface area contributed by atoms with Gasteiger partial charge >= 0.3 is 0 Å². The summed E-state index contributed by atoms with van der Waals surface area (Å²) in [5.41, 5.74) is 1.22. The Kier molecular flexibility index (Phi) is 24.2. The normalized spacial score (nSPS) is 47.6. The molecule has 21 fully saturated rings. The minimum Gasteiger partial charge on any atom is -0.394 e. The molecule has 1 aromatic carbocycles. The number of aliphatic hydroxyl groups is 19. The zero-order valence-electron chi connectivity index (χ0n) is 50.5. The summed E-state index contributed by atoms with van der Waals surface area (Å²) < 4.78 is 118. The number of hydrogen-bond donors (Lipinski definition) is 19. The lowest BCUT2D eigenvalue weighted by molar-refractivity contribution is -0.707. The van der Waals surface area contributed by atoms with Crippen molar-refractivity contribution in [2.75, 3.05) is 39.6 Å². The third-order valence-corrected chi connectivity index (χ3v) is 19.4. The standard InChI is InChI=1S/C56H84NO36S/c1-18-9-19(2)49(20(3)10-18)94(77,78)79-17-27-48-34(69)41(76)56(86-27)92-47-26(16-62)85-55(40(75)33(47)68)91-46-25(15-61)84-54(39(74)32(46)67)90-45-24(14-60)83-53(38(73)31(45)66)89-44-23(13-59)82-52(37(72)30(44)65)88-43-22(12-58)81-51(36(71)29(43)64)87-42-21(11-57-7-5-4-6-8-57)80-50(93-48)35(70)28(42)63/h4-10,21-48,50-56,58-76H,11-17H2,1-3H3/q+1. The highest BCUT2D eigenvalue weighted by atomic mass is 32.2. The monoisotopic (exact) mass is 1380 g/mol. The lowest BCUT2D eigenvalue weighted by Crippen LogP contribution is -2.69. The van der Waals surface area contributed by atoms with Gasteiger partial charge in [-0.05, 0) is 31.9 Å². The highest BCUT2D eigenvalue weighted by Crippen LogP contribution is 2.40. The number of ether oxygens (including phenoxy) is 14. The van der Waals surface area contributed by atoms with Crippen LogP contribution in [-0.4, -0.2) is 360 Å². The molecule has 0 radical (unpaired) electrons. The summed E-state index contributed by atoms with van der Waals surface area (Å²) in [5.74, 6) is 0. The van der Waals surface area contributed by atoms with Crippen LogP contribution >= 0.6 is 0 Å². The maximum atomic E-state index is 14.1. The van der Waals surface area contributed by atoms with Gasteiger partial charge in [-0.25, -0.2) is 4.57 Å². The summed E-state index contributed by atoms with van der Waals surface area (Å²) in [6.07, 6.45) is -68.9. The fraction of sp³-hybridized carbons (Fsp3) is 0.804. The van der Waals surface area contributed by atoms with Crippen molar-refractivity contribution in [3.05, 3.63) is 59.4 Å². The molecule has 0 saturated carbocycles. The molecule has 21 aliphatic heterocycles. The smallest absolute Gasteiger partial charge is 0.297 e. The van der Waals surface area contributed by atoms with Crippen molar-refractivity contribution >= 4 is 10.1 Å². The molecule has 94 heavy (non-hydrogen) atoms. The molecule has 38 heteroatoms. The fourth-order valence-corrected chi connectivity index (χ4v) is 14.3. The number of aromatic nitrogens is 1. The van der Waals surface area contributed by atoms with Crippen LogP contribution in [0.25, 0.3) is 0 Å². The molecule has 37 nitrogen and oxygen atoms in total. The van der Waals surface area contributed by atoms with Crippen LogP contribution in [-0.2, 0) is 87.2 Å². The molecule has 0 aliphatic carbocycles. The van der Waals surface area contributed by atoms with E-state index in [1.807, 2.05) is 0 Å². The first-order valence-electron chi connectivity index (χ1n) is 30.3. The highest BCUT2D eigenvalue weighted by Gasteiger charge is 2.60. The molecular formula is C56H84NO36S+. The quantitative estimate of drug-likeness (QED) is 0.0734. The van der Waals surface area contributed by atoms with Crippen molar-refractivity contribution < 1.29 is 181 Å². The van der Waals surface area contributed by atoms with Crippen molar-refractivity contribution in [1.82, 2.24) is 0 Å². The molecular weight excluding hydrogens is 1290 g/mol. The van der Waals surface area contributed by atoms with Crippen LogP contribution in [0.2, 0.25) is 0 Å². The first-order valence-corrected chi connectivity index (χ1v) is 31.7. The van der Waals surface area contributed by atoms with Crippen LogP contribution in [0.4, 0.5) is 0 Å². The van der Waals surface area contributed by atoms with Gasteiger partial charge in [0, 0.05) is 12.1 Å². The molecule has 1 aromatic heterocycles. The third-order valence-electron chi connectivity index (χ3n) is 17.8. The minimum atomic E-state index is -4.78. The predicted octanol–water partition coefficient (Wildman–Crippen LogP) is -11.9. The molecule has 35 unspecified atom stereocenters. The number of pyridine rings is 1. The van der Waals surface area contributed by atoms with E-state index in [2.05, 4.69) is 0 Å². The van der Waals surface area contributed by atoms with Crippen molar-refractivity contribution in [1.29, 1.82) is 0 Å². The summed E-state index contributed by atoms with van der Waals surface area (Å²) in [6.45, 7) is -2.06. The van der Waals surface area contributed by atoms with Crippen LogP contribution in [0.1, 0.15) is 16.7 Å². The number of aliphatic hydroxyl groups excluding tert-OH is 19. The van der Waals surface area contributed by atoms with Crippen LogP contribution in [0.5, 0.6) is 0 Å². The second kappa shape index (κ2) is 30.8. The van der Waals surface area contributed by atoms with Gasteiger partial charge < -0.3 is 163 Å². The van der Waals surface area contributed by atoms with Gasteiger partial charge in [0.15, 0.2) is 63.0 Å². The predicted molar refractivity (Wildman–Crippen MR) is 295 cm³/mol. The van der Waals surface area contributed by atoms with Crippen LogP contribution in [0.15, 0.2) is 47.6 Å². The molecule has 35 atom stereocenters. The van der Waals surface area contributed by atoms with E-state index in [9.17, 15) is 105 Å². The van der Waals surface area contributed by atoms with Gasteiger partial charge in [-0.2, -0.15) is 8.42 Å². The Morgan fingerprint density at radius 2 is 0.574 bits per heavy atom. The summed E-state index contributed by atoms with van der Waals surface area (Å²) in [6, 6.07) is 7.98. The van der Waals surface area contributed by atoms with Crippen molar-refractivity contribution in [3.63, 3.8) is 0 Å². The van der Waals surface area contributed by atoms with Gasteiger partial charge in [-0.3, -0.25) is 4.18 Å². The van der Waals surface area contributed by atoms with E-state index in [0.717, 1.165) is 0 Å². The van der Waals surface area contributed by atoms with Gasteiger partial charge in [0.2, 0.25) is 0 Å². The lowest BCUT2D eigenvalue weighted by Gasteiger charge is -2.50. The molecule has 2 aromatic rings. The van der Waals surface area contributed by atoms with Crippen molar-refractivity contribution in [2.45, 2.75) is 247 Å². The first-order chi connectivity index (χ1) is 44.6. The van der Waals surface area contributed by atoms with Gasteiger partial charge in [0.1, 0.15) is 171 Å². The average molecular weight is 1380 g/mol. The van der Waals surface area contributed by atoms with Crippen LogP contribution in [0.3, 0.4) is 0 Å². The van der Waals surface area contributed by atoms with Crippen LogP contribution < -0.4 is 4.57 Å². The minimum absolute atomic E-state index is 0.260. The Morgan fingerprint density at radius 1 is 0.340 bits per heavy atom. The Morgan fingerprint density at radius 3 is 0.840 bits per heavy atom. The Hall–Kier alpha value is -3.04. The molecule has 534 valence electrons. The van der Waals surface area contributed by atoms with E-state index < -0.39 is 265 Å². The molecule has 21 saturated heterocycles. The summed E-state index contributed by atoms with van der Waals surface area (Å²) >= 11 is 0.